The Bertz CT molecular complexity index is 409. The number of hydrogen-bond acceptors (Lipinski definition) is 3. The molecule has 1 fully saturated rings. The van der Waals surface area contributed by atoms with Crippen LogP contribution in [-0.4, -0.2) is 36.7 Å². The molecule has 3 nitrogen and oxygen atoms in total. The van der Waals surface area contributed by atoms with Gasteiger partial charge in [-0.3, -0.25) is 4.90 Å². The van der Waals surface area contributed by atoms with Gasteiger partial charge in [0.15, 0.2) is 0 Å². The molecule has 2 rings (SSSR count). The Labute approximate surface area is 108 Å². The van der Waals surface area contributed by atoms with Crippen LogP contribution < -0.4 is 5.73 Å². The Kier molecular flexibility index (Phi) is 4.00. The highest BCUT2D eigenvalue weighted by Gasteiger charge is 2.28. The summed E-state index contributed by atoms with van der Waals surface area (Å²) in [6.45, 7) is 7.17. The predicted molar refractivity (Wildman–Crippen MR) is 69.8 cm³/mol. The Balaban J connectivity index is 1.99. The van der Waals surface area contributed by atoms with Crippen LogP contribution in [0, 0.1) is 5.82 Å². The Morgan fingerprint density at radius 1 is 1.44 bits per heavy atom. The molecule has 100 valence electrons. The molecule has 1 aliphatic rings. The molecule has 0 aromatic heterocycles. The first-order valence-corrected chi connectivity index (χ1v) is 6.34. The average Bonchev–Trinajstić information content (AvgIpc) is 2.28. The normalized spacial score (nSPS) is 21.8. The molecule has 1 aromatic rings. The van der Waals surface area contributed by atoms with Crippen molar-refractivity contribution >= 4 is 0 Å². The quantitative estimate of drug-likeness (QED) is 0.893. The van der Waals surface area contributed by atoms with Gasteiger partial charge in [-0.1, -0.05) is 18.2 Å². The van der Waals surface area contributed by atoms with E-state index in [0.29, 0.717) is 18.7 Å². The van der Waals surface area contributed by atoms with Crippen LogP contribution in [0.5, 0.6) is 0 Å². The maximum Gasteiger partial charge on any atom is 0.128 e. The van der Waals surface area contributed by atoms with Crippen molar-refractivity contribution in [3.8, 4) is 0 Å². The highest BCUT2D eigenvalue weighted by atomic mass is 19.1. The Morgan fingerprint density at radius 3 is 2.83 bits per heavy atom. The van der Waals surface area contributed by atoms with Crippen molar-refractivity contribution in [3.63, 3.8) is 0 Å². The van der Waals surface area contributed by atoms with Crippen molar-refractivity contribution < 1.29 is 9.13 Å². The lowest BCUT2D eigenvalue weighted by Gasteiger charge is -2.39. The summed E-state index contributed by atoms with van der Waals surface area (Å²) in [5.41, 5.74) is 6.53. The number of rotatable bonds is 3. The third kappa shape index (κ3) is 3.28. The van der Waals surface area contributed by atoms with Crippen LogP contribution in [-0.2, 0) is 4.74 Å². The fourth-order valence-corrected chi connectivity index (χ4v) is 2.42. The molecule has 18 heavy (non-hydrogen) atoms. The topological polar surface area (TPSA) is 38.5 Å². The molecule has 1 aliphatic heterocycles. The number of ether oxygens (including phenoxy) is 1. The fourth-order valence-electron chi connectivity index (χ4n) is 2.42. The molecule has 0 saturated carbocycles. The van der Waals surface area contributed by atoms with Gasteiger partial charge >= 0.3 is 0 Å². The maximum atomic E-state index is 13.6. The Hall–Kier alpha value is -0.970. The van der Waals surface area contributed by atoms with Gasteiger partial charge in [0.2, 0.25) is 0 Å². The van der Waals surface area contributed by atoms with Crippen molar-refractivity contribution in [2.24, 2.45) is 5.73 Å². The highest BCUT2D eigenvalue weighted by Crippen LogP contribution is 2.20. The van der Waals surface area contributed by atoms with E-state index in [2.05, 4.69) is 18.7 Å². The number of nitrogens with two attached hydrogens (primary N) is 1. The van der Waals surface area contributed by atoms with E-state index in [1.54, 1.807) is 12.1 Å². The summed E-state index contributed by atoms with van der Waals surface area (Å²) in [5, 5.41) is 0. The predicted octanol–water partition coefficient (Wildman–Crippen LogP) is 1.94. The Morgan fingerprint density at radius 2 is 2.17 bits per heavy atom. The zero-order chi connectivity index (χ0) is 13.2. The summed E-state index contributed by atoms with van der Waals surface area (Å²) in [6, 6.07) is 6.43. The average molecular weight is 252 g/mol. The zero-order valence-corrected chi connectivity index (χ0v) is 11.0. The van der Waals surface area contributed by atoms with Gasteiger partial charge in [0.25, 0.3) is 0 Å². The van der Waals surface area contributed by atoms with Gasteiger partial charge in [-0.25, -0.2) is 4.39 Å². The lowest BCUT2D eigenvalue weighted by molar-refractivity contribution is -0.0870. The van der Waals surface area contributed by atoms with Crippen molar-refractivity contribution in [2.75, 3.05) is 26.2 Å². The van der Waals surface area contributed by atoms with E-state index < -0.39 is 0 Å². The van der Waals surface area contributed by atoms with E-state index in [-0.39, 0.29) is 17.5 Å². The molecule has 4 heteroatoms. The second kappa shape index (κ2) is 5.34. The second-order valence-electron chi connectivity index (χ2n) is 5.47. The van der Waals surface area contributed by atoms with Crippen molar-refractivity contribution in [2.45, 2.75) is 25.5 Å². The molecule has 1 saturated heterocycles. The number of morpholine rings is 1. The number of benzene rings is 1. The summed E-state index contributed by atoms with van der Waals surface area (Å²) in [7, 11) is 0. The first-order valence-electron chi connectivity index (χ1n) is 6.34. The van der Waals surface area contributed by atoms with Gasteiger partial charge in [0, 0.05) is 31.2 Å². The van der Waals surface area contributed by atoms with E-state index in [0.717, 1.165) is 13.1 Å². The minimum absolute atomic E-state index is 0.146. The maximum absolute atomic E-state index is 13.6. The van der Waals surface area contributed by atoms with Crippen LogP contribution in [0.15, 0.2) is 24.3 Å². The molecule has 0 bridgehead atoms. The molecule has 2 N–H and O–H groups in total. The van der Waals surface area contributed by atoms with Gasteiger partial charge in [0.05, 0.1) is 12.2 Å². The fraction of sp³-hybridized carbons (Fsp3) is 0.571. The first-order chi connectivity index (χ1) is 8.48. The molecule has 0 radical (unpaired) electrons. The lowest BCUT2D eigenvalue weighted by atomic mass is 10.0. The molecule has 0 aliphatic carbocycles. The summed E-state index contributed by atoms with van der Waals surface area (Å²) in [4.78, 5) is 2.24. The van der Waals surface area contributed by atoms with Crippen LogP contribution in [0.3, 0.4) is 0 Å². The van der Waals surface area contributed by atoms with E-state index in [1.165, 1.54) is 6.07 Å². The molecular weight excluding hydrogens is 231 g/mol. The number of nitrogens with zero attached hydrogens (tertiary/aromatic N) is 1. The van der Waals surface area contributed by atoms with E-state index in [9.17, 15) is 4.39 Å². The number of halogens is 1. The molecule has 1 heterocycles. The number of hydrogen-bond donors (Lipinski definition) is 1. The molecule has 1 aromatic carbocycles. The van der Waals surface area contributed by atoms with Gasteiger partial charge in [0.1, 0.15) is 5.82 Å². The largest absolute Gasteiger partial charge is 0.373 e. The van der Waals surface area contributed by atoms with Crippen LogP contribution in [0.1, 0.15) is 25.5 Å². The van der Waals surface area contributed by atoms with Crippen LogP contribution in [0.4, 0.5) is 4.39 Å². The molecule has 0 spiro atoms. The van der Waals surface area contributed by atoms with Gasteiger partial charge in [-0.05, 0) is 19.9 Å². The third-order valence-corrected chi connectivity index (χ3v) is 3.26. The van der Waals surface area contributed by atoms with E-state index >= 15 is 0 Å². The second-order valence-corrected chi connectivity index (χ2v) is 5.47. The van der Waals surface area contributed by atoms with Gasteiger partial charge in [-0.2, -0.15) is 0 Å². The lowest BCUT2D eigenvalue weighted by Crippen LogP contribution is -2.50. The third-order valence-electron chi connectivity index (χ3n) is 3.26. The molecule has 1 unspecified atom stereocenters. The van der Waals surface area contributed by atoms with Crippen molar-refractivity contribution in [1.82, 2.24) is 4.90 Å². The SMILES string of the molecule is CC1(C)CN(CC(N)c2ccccc2F)CCO1. The smallest absolute Gasteiger partial charge is 0.128 e. The summed E-state index contributed by atoms with van der Waals surface area (Å²) < 4.78 is 19.3. The summed E-state index contributed by atoms with van der Waals surface area (Å²) in [6.07, 6.45) is 0. The standard InChI is InChI=1S/C14H21FN2O/c1-14(2)10-17(7-8-18-14)9-13(16)11-5-3-4-6-12(11)15/h3-6,13H,7-10,16H2,1-2H3. The van der Waals surface area contributed by atoms with Crippen LogP contribution >= 0.6 is 0 Å². The highest BCUT2D eigenvalue weighted by molar-refractivity contribution is 5.21. The molecular formula is C14H21FN2O. The molecule has 0 amide bonds. The van der Waals surface area contributed by atoms with Gasteiger partial charge in [-0.15, -0.1) is 0 Å². The van der Waals surface area contributed by atoms with Crippen molar-refractivity contribution in [1.29, 1.82) is 0 Å². The van der Waals surface area contributed by atoms with Crippen LogP contribution in [0.25, 0.3) is 0 Å². The van der Waals surface area contributed by atoms with E-state index in [4.69, 9.17) is 10.5 Å². The van der Waals surface area contributed by atoms with Gasteiger partial charge < -0.3 is 10.5 Å². The first kappa shape index (κ1) is 13.5. The summed E-state index contributed by atoms with van der Waals surface area (Å²) in [5.74, 6) is -0.225. The van der Waals surface area contributed by atoms with Crippen LogP contribution in [0.2, 0.25) is 0 Å². The van der Waals surface area contributed by atoms with Crippen molar-refractivity contribution in [3.05, 3.63) is 35.6 Å². The summed E-state index contributed by atoms with van der Waals surface area (Å²) >= 11 is 0. The minimum Gasteiger partial charge on any atom is -0.373 e. The van der Waals surface area contributed by atoms with E-state index in [1.807, 2.05) is 6.07 Å². The zero-order valence-electron chi connectivity index (χ0n) is 11.0. The molecule has 1 atom stereocenters. The minimum atomic E-state index is -0.292. The monoisotopic (exact) mass is 252 g/mol.